The fourth-order valence-corrected chi connectivity index (χ4v) is 2.08. The first-order valence-corrected chi connectivity index (χ1v) is 6.57. The molecule has 0 bridgehead atoms. The summed E-state index contributed by atoms with van der Waals surface area (Å²) in [6.07, 6.45) is 1.78. The second kappa shape index (κ2) is 5.65. The molecule has 18 heavy (non-hydrogen) atoms. The lowest BCUT2D eigenvalue weighted by molar-refractivity contribution is 0.122. The van der Waals surface area contributed by atoms with Gasteiger partial charge < -0.3 is 9.64 Å². The molecule has 100 valence electrons. The van der Waals surface area contributed by atoms with E-state index in [1.807, 2.05) is 6.92 Å². The van der Waals surface area contributed by atoms with Crippen LogP contribution >= 0.6 is 0 Å². The van der Waals surface area contributed by atoms with Crippen LogP contribution in [-0.2, 0) is 4.74 Å². The molecule has 2 rings (SSSR count). The van der Waals surface area contributed by atoms with Crippen LogP contribution in [0.25, 0.3) is 0 Å². The van der Waals surface area contributed by atoms with E-state index in [0.717, 1.165) is 18.8 Å². The van der Waals surface area contributed by atoms with Gasteiger partial charge in [-0.05, 0) is 5.92 Å². The Bertz CT molecular complexity index is 403. The van der Waals surface area contributed by atoms with Gasteiger partial charge in [0, 0.05) is 25.1 Å². The highest BCUT2D eigenvalue weighted by molar-refractivity contribution is 5.45. The Balaban J connectivity index is 2.18. The number of morpholine rings is 1. The van der Waals surface area contributed by atoms with Gasteiger partial charge in [-0.2, -0.15) is 0 Å². The molecule has 0 aliphatic carbocycles. The van der Waals surface area contributed by atoms with Crippen LogP contribution in [0.1, 0.15) is 32.4 Å². The van der Waals surface area contributed by atoms with Crippen molar-refractivity contribution in [1.82, 2.24) is 4.98 Å². The van der Waals surface area contributed by atoms with Crippen molar-refractivity contribution in [3.8, 4) is 0 Å². The summed E-state index contributed by atoms with van der Waals surface area (Å²) in [5, 5.41) is 0. The quantitative estimate of drug-likeness (QED) is 0.827. The lowest BCUT2D eigenvalue weighted by Gasteiger charge is -2.29. The number of nitrogens with zero attached hydrogens (tertiary/aromatic N) is 2. The zero-order valence-electron chi connectivity index (χ0n) is 11.3. The van der Waals surface area contributed by atoms with Gasteiger partial charge in [0.15, 0.2) is 0 Å². The molecule has 0 radical (unpaired) electrons. The van der Waals surface area contributed by atoms with Crippen LogP contribution in [0.3, 0.4) is 0 Å². The summed E-state index contributed by atoms with van der Waals surface area (Å²) < 4.78 is 19.4. The third-order valence-corrected chi connectivity index (χ3v) is 3.66. The second-order valence-electron chi connectivity index (χ2n) is 5.19. The largest absolute Gasteiger partial charge is 0.378 e. The third-order valence-electron chi connectivity index (χ3n) is 3.66. The van der Waals surface area contributed by atoms with Crippen LogP contribution in [0.2, 0.25) is 0 Å². The van der Waals surface area contributed by atoms with E-state index in [1.165, 1.54) is 0 Å². The lowest BCUT2D eigenvalue weighted by Crippen LogP contribution is -2.36. The van der Waals surface area contributed by atoms with Crippen LogP contribution < -0.4 is 4.90 Å². The van der Waals surface area contributed by atoms with Crippen molar-refractivity contribution in [3.63, 3.8) is 0 Å². The molecule has 0 spiro atoms. The molecule has 1 fully saturated rings. The van der Waals surface area contributed by atoms with Crippen LogP contribution in [0.4, 0.5) is 10.1 Å². The molecule has 2 heterocycles. The topological polar surface area (TPSA) is 25.4 Å². The van der Waals surface area contributed by atoms with Gasteiger partial charge in [0.1, 0.15) is 5.82 Å². The number of hydrogen-bond donors (Lipinski definition) is 0. The monoisotopic (exact) mass is 252 g/mol. The molecule has 0 N–H and O–H groups in total. The average Bonchev–Trinajstić information content (AvgIpc) is 2.38. The molecule has 0 amide bonds. The lowest BCUT2D eigenvalue weighted by atomic mass is 9.94. The maximum Gasteiger partial charge on any atom is 0.147 e. The van der Waals surface area contributed by atoms with Crippen molar-refractivity contribution in [2.45, 2.75) is 26.7 Å². The first-order valence-electron chi connectivity index (χ1n) is 6.57. The minimum absolute atomic E-state index is 0.142. The molecule has 1 aliphatic heterocycles. The first-order chi connectivity index (χ1) is 8.59. The third kappa shape index (κ3) is 2.80. The van der Waals surface area contributed by atoms with Gasteiger partial charge in [0.05, 0.1) is 30.8 Å². The molecule has 0 unspecified atom stereocenters. The van der Waals surface area contributed by atoms with Crippen LogP contribution in [-0.4, -0.2) is 31.3 Å². The van der Waals surface area contributed by atoms with Crippen molar-refractivity contribution >= 4 is 5.69 Å². The van der Waals surface area contributed by atoms with Crippen molar-refractivity contribution < 1.29 is 9.13 Å². The number of pyridine rings is 1. The van der Waals surface area contributed by atoms with E-state index in [-0.39, 0.29) is 11.7 Å². The van der Waals surface area contributed by atoms with Crippen molar-refractivity contribution in [2.24, 2.45) is 5.92 Å². The molecular weight excluding hydrogens is 231 g/mol. The Kier molecular flexibility index (Phi) is 4.17. The molecular formula is C14H21FN2O. The molecule has 1 aromatic heterocycles. The Morgan fingerprint density at radius 1 is 1.28 bits per heavy atom. The van der Waals surface area contributed by atoms with Gasteiger partial charge in [-0.3, -0.25) is 4.98 Å². The number of ether oxygens (including phenoxy) is 1. The highest BCUT2D eigenvalue weighted by Gasteiger charge is 2.18. The van der Waals surface area contributed by atoms with Gasteiger partial charge in [0.2, 0.25) is 0 Å². The predicted octanol–water partition coefficient (Wildman–Crippen LogP) is 2.82. The zero-order chi connectivity index (χ0) is 13.1. The number of aromatic nitrogens is 1. The highest BCUT2D eigenvalue weighted by Crippen LogP contribution is 2.26. The van der Waals surface area contributed by atoms with E-state index in [4.69, 9.17) is 4.74 Å². The molecule has 4 heteroatoms. The van der Waals surface area contributed by atoms with Gasteiger partial charge in [-0.1, -0.05) is 20.8 Å². The summed E-state index contributed by atoms with van der Waals surface area (Å²) in [5.74, 6) is 0.338. The molecule has 1 atom stereocenters. The van der Waals surface area contributed by atoms with Gasteiger partial charge in [0.25, 0.3) is 0 Å². The smallest absolute Gasteiger partial charge is 0.147 e. The molecule has 3 nitrogen and oxygen atoms in total. The van der Waals surface area contributed by atoms with Crippen molar-refractivity contribution in [2.75, 3.05) is 31.2 Å². The van der Waals surface area contributed by atoms with E-state index >= 15 is 0 Å². The number of hydrogen-bond acceptors (Lipinski definition) is 3. The highest BCUT2D eigenvalue weighted by atomic mass is 19.1. The summed E-state index contributed by atoms with van der Waals surface area (Å²) in [7, 11) is 0. The number of halogens is 1. The minimum atomic E-state index is -0.194. The Morgan fingerprint density at radius 2 is 1.94 bits per heavy atom. The molecule has 1 saturated heterocycles. The van der Waals surface area contributed by atoms with Gasteiger partial charge >= 0.3 is 0 Å². The number of rotatable bonds is 3. The SMILES string of the molecule is CC(C)[C@H](C)c1ncc(N2CCOCC2)cc1F. The fourth-order valence-electron chi connectivity index (χ4n) is 2.08. The van der Waals surface area contributed by atoms with Gasteiger partial charge in [-0.25, -0.2) is 4.39 Å². The zero-order valence-corrected chi connectivity index (χ0v) is 11.3. The fraction of sp³-hybridized carbons (Fsp3) is 0.643. The summed E-state index contributed by atoms with van der Waals surface area (Å²) in [5.41, 5.74) is 1.43. The van der Waals surface area contributed by atoms with Gasteiger partial charge in [-0.15, -0.1) is 0 Å². The maximum atomic E-state index is 14.1. The summed E-state index contributed by atoms with van der Waals surface area (Å²) in [4.78, 5) is 6.43. The molecule has 1 aromatic rings. The summed E-state index contributed by atoms with van der Waals surface area (Å²) >= 11 is 0. The maximum absolute atomic E-state index is 14.1. The van der Waals surface area contributed by atoms with E-state index in [9.17, 15) is 4.39 Å². The Morgan fingerprint density at radius 3 is 2.50 bits per heavy atom. The van der Waals surface area contributed by atoms with E-state index < -0.39 is 0 Å². The predicted molar refractivity (Wildman–Crippen MR) is 70.5 cm³/mol. The second-order valence-corrected chi connectivity index (χ2v) is 5.19. The van der Waals surface area contributed by atoms with Crippen molar-refractivity contribution in [3.05, 3.63) is 23.8 Å². The number of anilines is 1. The minimum Gasteiger partial charge on any atom is -0.378 e. The summed E-state index contributed by atoms with van der Waals surface area (Å²) in [6, 6.07) is 1.60. The molecule has 0 saturated carbocycles. The standard InChI is InChI=1S/C14H21FN2O/c1-10(2)11(3)14-13(15)8-12(9-16-14)17-4-6-18-7-5-17/h8-11H,4-7H2,1-3H3/t11-/m0/s1. The van der Waals surface area contributed by atoms with E-state index in [1.54, 1.807) is 12.3 Å². The average molecular weight is 252 g/mol. The van der Waals surface area contributed by atoms with E-state index in [0.29, 0.717) is 24.8 Å². The normalized spacial score (nSPS) is 18.2. The first kappa shape index (κ1) is 13.3. The van der Waals surface area contributed by atoms with E-state index in [2.05, 4.69) is 23.7 Å². The van der Waals surface area contributed by atoms with Crippen LogP contribution in [0, 0.1) is 11.7 Å². The summed E-state index contributed by atoms with van der Waals surface area (Å²) in [6.45, 7) is 9.20. The van der Waals surface area contributed by atoms with Crippen LogP contribution in [0.5, 0.6) is 0 Å². The van der Waals surface area contributed by atoms with Crippen molar-refractivity contribution in [1.29, 1.82) is 0 Å². The van der Waals surface area contributed by atoms with Crippen LogP contribution in [0.15, 0.2) is 12.3 Å². The Hall–Kier alpha value is -1.16. The molecule has 0 aromatic carbocycles. The molecule has 1 aliphatic rings. The Labute approximate surface area is 108 Å².